The molecule has 0 aliphatic carbocycles. The van der Waals surface area contributed by atoms with Gasteiger partial charge in [0.1, 0.15) is 5.03 Å². The Balaban J connectivity index is 2.14. The van der Waals surface area contributed by atoms with Crippen LogP contribution in [0.5, 0.6) is 0 Å². The standard InChI is InChI=1S/C13H13NO2S/c1-17-12-10(13-15-6-7-16-13)8-9-4-2-3-5-11(9)14-12/h2-5,8,13H,6-7H2,1H3. The molecular formula is C13H13NO2S. The molecule has 1 fully saturated rings. The van der Waals surface area contributed by atoms with E-state index in [2.05, 4.69) is 17.1 Å². The van der Waals surface area contributed by atoms with Crippen LogP contribution in [0.15, 0.2) is 35.4 Å². The van der Waals surface area contributed by atoms with Crippen LogP contribution in [0.1, 0.15) is 11.9 Å². The monoisotopic (exact) mass is 247 g/mol. The predicted octanol–water partition coefficient (Wildman–Crippen LogP) is 3.00. The Morgan fingerprint density at radius 3 is 2.76 bits per heavy atom. The van der Waals surface area contributed by atoms with Gasteiger partial charge in [-0.15, -0.1) is 11.8 Å². The van der Waals surface area contributed by atoms with Crippen molar-refractivity contribution in [1.29, 1.82) is 0 Å². The Morgan fingerprint density at radius 1 is 1.24 bits per heavy atom. The summed E-state index contributed by atoms with van der Waals surface area (Å²) in [4.78, 5) is 4.64. The minimum absolute atomic E-state index is 0.255. The second-order valence-electron chi connectivity index (χ2n) is 3.85. The Kier molecular flexibility index (Phi) is 3.01. The molecule has 2 heterocycles. The smallest absolute Gasteiger partial charge is 0.186 e. The molecule has 17 heavy (non-hydrogen) atoms. The van der Waals surface area contributed by atoms with Gasteiger partial charge in [0.2, 0.25) is 0 Å². The molecule has 0 saturated carbocycles. The fourth-order valence-electron chi connectivity index (χ4n) is 1.98. The quantitative estimate of drug-likeness (QED) is 0.763. The largest absolute Gasteiger partial charge is 0.346 e. The molecule has 0 unspecified atom stereocenters. The first kappa shape index (κ1) is 11.0. The van der Waals surface area contributed by atoms with E-state index in [1.807, 2.05) is 24.5 Å². The molecule has 0 amide bonds. The van der Waals surface area contributed by atoms with Crippen LogP contribution in [0.4, 0.5) is 0 Å². The third kappa shape index (κ3) is 2.04. The third-order valence-electron chi connectivity index (χ3n) is 2.79. The normalized spacial score (nSPS) is 16.8. The molecule has 2 aromatic rings. The zero-order valence-electron chi connectivity index (χ0n) is 9.55. The van der Waals surface area contributed by atoms with Crippen LogP contribution in [0.3, 0.4) is 0 Å². The molecule has 0 atom stereocenters. The van der Waals surface area contributed by atoms with Crippen molar-refractivity contribution in [3.63, 3.8) is 0 Å². The fourth-order valence-corrected chi connectivity index (χ4v) is 2.57. The van der Waals surface area contributed by atoms with Gasteiger partial charge in [-0.25, -0.2) is 4.98 Å². The fraction of sp³-hybridized carbons (Fsp3) is 0.308. The number of nitrogens with zero attached hydrogens (tertiary/aromatic N) is 1. The number of para-hydroxylation sites is 1. The lowest BCUT2D eigenvalue weighted by atomic mass is 10.1. The van der Waals surface area contributed by atoms with E-state index in [1.54, 1.807) is 11.8 Å². The van der Waals surface area contributed by atoms with Gasteiger partial charge in [0.05, 0.1) is 18.7 Å². The first-order valence-electron chi connectivity index (χ1n) is 5.55. The van der Waals surface area contributed by atoms with Crippen LogP contribution in [-0.4, -0.2) is 24.5 Å². The second kappa shape index (κ2) is 4.64. The maximum atomic E-state index is 5.55. The van der Waals surface area contributed by atoms with Crippen molar-refractivity contribution in [3.8, 4) is 0 Å². The number of benzene rings is 1. The SMILES string of the molecule is CSc1nc2ccccc2cc1C1OCCO1. The third-order valence-corrected chi connectivity index (χ3v) is 3.50. The van der Waals surface area contributed by atoms with Crippen molar-refractivity contribution in [1.82, 2.24) is 4.98 Å². The number of hydrogen-bond acceptors (Lipinski definition) is 4. The summed E-state index contributed by atoms with van der Waals surface area (Å²) in [6.07, 6.45) is 1.77. The first-order chi connectivity index (χ1) is 8.38. The summed E-state index contributed by atoms with van der Waals surface area (Å²) < 4.78 is 11.1. The molecule has 4 heteroatoms. The van der Waals surface area contributed by atoms with Gasteiger partial charge in [0.25, 0.3) is 0 Å². The summed E-state index contributed by atoms with van der Waals surface area (Å²) in [6.45, 7) is 1.32. The molecule has 88 valence electrons. The van der Waals surface area contributed by atoms with Crippen molar-refractivity contribution in [2.45, 2.75) is 11.3 Å². The lowest BCUT2D eigenvalue weighted by Gasteiger charge is -2.13. The van der Waals surface area contributed by atoms with Crippen LogP contribution in [0.2, 0.25) is 0 Å². The van der Waals surface area contributed by atoms with Crippen LogP contribution in [0, 0.1) is 0 Å². The molecule has 1 aliphatic rings. The van der Waals surface area contributed by atoms with E-state index in [0.29, 0.717) is 13.2 Å². The maximum Gasteiger partial charge on any atom is 0.186 e. The number of hydrogen-bond donors (Lipinski definition) is 0. The highest BCUT2D eigenvalue weighted by molar-refractivity contribution is 7.98. The van der Waals surface area contributed by atoms with E-state index in [0.717, 1.165) is 21.5 Å². The highest BCUT2D eigenvalue weighted by Crippen LogP contribution is 2.32. The molecule has 1 saturated heterocycles. The molecule has 1 aliphatic heterocycles. The lowest BCUT2D eigenvalue weighted by molar-refractivity contribution is -0.0463. The van der Waals surface area contributed by atoms with Crippen molar-refractivity contribution in [2.24, 2.45) is 0 Å². The van der Waals surface area contributed by atoms with Gasteiger partial charge in [0, 0.05) is 10.9 Å². The molecule has 3 rings (SSSR count). The summed E-state index contributed by atoms with van der Waals surface area (Å²) in [5, 5.41) is 2.11. The molecule has 0 bridgehead atoms. The molecule has 1 aromatic carbocycles. The highest BCUT2D eigenvalue weighted by atomic mass is 32.2. The number of ether oxygens (including phenoxy) is 2. The van der Waals surface area contributed by atoms with Gasteiger partial charge in [-0.05, 0) is 18.4 Å². The molecule has 0 radical (unpaired) electrons. The lowest BCUT2D eigenvalue weighted by Crippen LogP contribution is -2.02. The highest BCUT2D eigenvalue weighted by Gasteiger charge is 2.22. The van der Waals surface area contributed by atoms with Gasteiger partial charge in [-0.3, -0.25) is 0 Å². The number of thioether (sulfide) groups is 1. The predicted molar refractivity (Wildman–Crippen MR) is 68.2 cm³/mol. The number of pyridine rings is 1. The Hall–Kier alpha value is -1.10. The van der Waals surface area contributed by atoms with Crippen LogP contribution in [0.25, 0.3) is 10.9 Å². The average molecular weight is 247 g/mol. The van der Waals surface area contributed by atoms with Gasteiger partial charge < -0.3 is 9.47 Å². The number of fused-ring (bicyclic) bond motifs is 1. The second-order valence-corrected chi connectivity index (χ2v) is 4.65. The summed E-state index contributed by atoms with van der Waals surface area (Å²) in [7, 11) is 0. The zero-order chi connectivity index (χ0) is 11.7. The molecule has 0 N–H and O–H groups in total. The minimum Gasteiger partial charge on any atom is -0.346 e. The van der Waals surface area contributed by atoms with E-state index < -0.39 is 0 Å². The van der Waals surface area contributed by atoms with E-state index in [1.165, 1.54) is 0 Å². The molecule has 1 aromatic heterocycles. The van der Waals surface area contributed by atoms with Gasteiger partial charge in [-0.1, -0.05) is 18.2 Å². The molecule has 3 nitrogen and oxygen atoms in total. The van der Waals surface area contributed by atoms with E-state index >= 15 is 0 Å². The van der Waals surface area contributed by atoms with E-state index in [4.69, 9.17) is 9.47 Å². The maximum absolute atomic E-state index is 5.55. The molecular weight excluding hydrogens is 234 g/mol. The number of rotatable bonds is 2. The Bertz CT molecular complexity index is 538. The van der Waals surface area contributed by atoms with Crippen molar-refractivity contribution in [2.75, 3.05) is 19.5 Å². The van der Waals surface area contributed by atoms with Gasteiger partial charge >= 0.3 is 0 Å². The van der Waals surface area contributed by atoms with Crippen LogP contribution in [-0.2, 0) is 9.47 Å². The van der Waals surface area contributed by atoms with Gasteiger partial charge in [-0.2, -0.15) is 0 Å². The zero-order valence-corrected chi connectivity index (χ0v) is 10.4. The summed E-state index contributed by atoms with van der Waals surface area (Å²) in [5.74, 6) is 0. The van der Waals surface area contributed by atoms with Gasteiger partial charge in [0.15, 0.2) is 6.29 Å². The summed E-state index contributed by atoms with van der Waals surface area (Å²) >= 11 is 1.63. The Morgan fingerprint density at radius 2 is 2.00 bits per heavy atom. The van der Waals surface area contributed by atoms with Crippen molar-refractivity contribution < 1.29 is 9.47 Å². The van der Waals surface area contributed by atoms with E-state index in [9.17, 15) is 0 Å². The van der Waals surface area contributed by atoms with Crippen molar-refractivity contribution >= 4 is 22.7 Å². The summed E-state index contributed by atoms with van der Waals surface area (Å²) in [5.41, 5.74) is 2.05. The average Bonchev–Trinajstić information content (AvgIpc) is 2.91. The number of aromatic nitrogens is 1. The van der Waals surface area contributed by atoms with Crippen LogP contribution < -0.4 is 0 Å². The van der Waals surface area contributed by atoms with Crippen LogP contribution >= 0.6 is 11.8 Å². The van der Waals surface area contributed by atoms with E-state index in [-0.39, 0.29) is 6.29 Å². The topological polar surface area (TPSA) is 31.4 Å². The summed E-state index contributed by atoms with van der Waals surface area (Å²) in [6, 6.07) is 10.2. The Labute approximate surface area is 104 Å². The molecule has 0 spiro atoms. The van der Waals surface area contributed by atoms with Crippen molar-refractivity contribution in [3.05, 3.63) is 35.9 Å². The minimum atomic E-state index is -0.255. The first-order valence-corrected chi connectivity index (χ1v) is 6.78.